The second-order valence-electron chi connectivity index (χ2n) is 9.93. The molecule has 0 saturated carbocycles. The van der Waals surface area contributed by atoms with Crippen molar-refractivity contribution in [3.63, 3.8) is 0 Å². The van der Waals surface area contributed by atoms with Crippen LogP contribution in [0.15, 0.2) is 66.7 Å². The van der Waals surface area contributed by atoms with Gasteiger partial charge < -0.3 is 14.6 Å². The molecule has 6 rings (SSSR count). The first-order valence-electron chi connectivity index (χ1n) is 12.2. The number of hydrogen-bond donors (Lipinski definition) is 1. The lowest BCUT2D eigenvalue weighted by atomic mass is 9.75. The fourth-order valence-electron chi connectivity index (χ4n) is 6.37. The van der Waals surface area contributed by atoms with Crippen molar-refractivity contribution < 1.29 is 23.8 Å². The number of benzene rings is 3. The minimum Gasteiger partial charge on any atom is -0.448 e. The Morgan fingerprint density at radius 1 is 1.00 bits per heavy atom. The number of ether oxygens (including phenoxy) is 2. The zero-order valence-electron chi connectivity index (χ0n) is 19.6. The Bertz CT molecular complexity index is 1210. The molecule has 2 heterocycles. The molecule has 1 amide bonds. The third kappa shape index (κ3) is 3.63. The Morgan fingerprint density at radius 2 is 1.60 bits per heavy atom. The monoisotopic (exact) mass is 473 g/mol. The highest BCUT2D eigenvalue weighted by Gasteiger charge is 2.50. The van der Waals surface area contributed by atoms with Crippen LogP contribution in [0, 0.1) is 12.7 Å². The van der Waals surface area contributed by atoms with Crippen LogP contribution in [0.4, 0.5) is 9.18 Å². The van der Waals surface area contributed by atoms with Crippen LogP contribution in [-0.2, 0) is 15.1 Å². The summed E-state index contributed by atoms with van der Waals surface area (Å²) in [5, 5.41) is 11.6. The van der Waals surface area contributed by atoms with Crippen LogP contribution >= 0.6 is 0 Å². The van der Waals surface area contributed by atoms with E-state index in [9.17, 15) is 14.3 Å². The van der Waals surface area contributed by atoms with E-state index in [-0.39, 0.29) is 50.7 Å². The van der Waals surface area contributed by atoms with E-state index in [1.807, 2.05) is 24.3 Å². The molecule has 2 atom stereocenters. The molecule has 5 nitrogen and oxygen atoms in total. The van der Waals surface area contributed by atoms with Crippen LogP contribution in [0.3, 0.4) is 0 Å². The van der Waals surface area contributed by atoms with Gasteiger partial charge in [0.05, 0.1) is 30.9 Å². The van der Waals surface area contributed by atoms with Gasteiger partial charge in [-0.3, -0.25) is 4.90 Å². The highest BCUT2D eigenvalue weighted by atomic mass is 19.1. The number of amides is 1. The van der Waals surface area contributed by atoms with E-state index in [4.69, 9.17) is 9.47 Å². The zero-order valence-corrected chi connectivity index (χ0v) is 19.6. The Kier molecular flexibility index (Phi) is 5.38. The van der Waals surface area contributed by atoms with Crippen LogP contribution in [0.5, 0.6) is 0 Å². The molecule has 0 aromatic heterocycles. The van der Waals surface area contributed by atoms with Crippen molar-refractivity contribution in [2.75, 3.05) is 19.8 Å². The maximum absolute atomic E-state index is 14.8. The van der Waals surface area contributed by atoms with E-state index in [1.54, 1.807) is 24.0 Å². The first-order valence-corrected chi connectivity index (χ1v) is 12.2. The van der Waals surface area contributed by atoms with Gasteiger partial charge in [0.25, 0.3) is 0 Å². The third-order valence-electron chi connectivity index (χ3n) is 7.79. The average molecular weight is 474 g/mol. The highest BCUT2D eigenvalue weighted by Crippen LogP contribution is 2.46. The molecule has 2 fully saturated rings. The Balaban J connectivity index is 1.22. The maximum atomic E-state index is 14.8. The summed E-state index contributed by atoms with van der Waals surface area (Å²) in [7, 11) is 0. The molecular weight excluding hydrogens is 445 g/mol. The number of piperidine rings is 1. The fraction of sp³-hybridized carbons (Fsp3) is 0.345. The number of carbonyl (C=O) groups excluding carboxylic acids is 1. The van der Waals surface area contributed by atoms with Gasteiger partial charge >= 0.3 is 6.09 Å². The van der Waals surface area contributed by atoms with Crippen LogP contribution in [0.2, 0.25) is 0 Å². The predicted octanol–water partition coefficient (Wildman–Crippen LogP) is 5.13. The molecule has 6 heteroatoms. The summed E-state index contributed by atoms with van der Waals surface area (Å²) < 4.78 is 26.4. The summed E-state index contributed by atoms with van der Waals surface area (Å²) in [6.45, 7) is 2.62. The fourth-order valence-corrected chi connectivity index (χ4v) is 6.37. The molecule has 2 aliphatic heterocycles. The van der Waals surface area contributed by atoms with Gasteiger partial charge in [0.2, 0.25) is 0 Å². The standard InChI is InChI=1S/C29H28FNO4/c1-18-7-6-12-26(30)27(18)29(33)13-19-15-34-16-20(14-29)31(19)28(32)35-17-25-23-10-4-2-8-21(23)22-9-3-5-11-24(22)25/h2-12,19-20,25,33H,13-17H2,1H3. The minimum absolute atomic E-state index is 0.0229. The molecule has 2 saturated heterocycles. The van der Waals surface area contributed by atoms with Crippen molar-refractivity contribution >= 4 is 6.09 Å². The van der Waals surface area contributed by atoms with Crippen molar-refractivity contribution in [2.24, 2.45) is 0 Å². The number of hydrogen-bond acceptors (Lipinski definition) is 4. The van der Waals surface area contributed by atoms with Crippen molar-refractivity contribution in [2.45, 2.75) is 43.4 Å². The number of nitrogens with zero attached hydrogens (tertiary/aromatic N) is 1. The molecule has 1 N–H and O–H groups in total. The van der Waals surface area contributed by atoms with Crippen LogP contribution in [0.1, 0.15) is 41.0 Å². The largest absolute Gasteiger partial charge is 0.448 e. The average Bonchev–Trinajstić information content (AvgIpc) is 3.15. The molecule has 180 valence electrons. The quantitative estimate of drug-likeness (QED) is 0.573. The van der Waals surface area contributed by atoms with Crippen molar-refractivity contribution in [1.82, 2.24) is 4.90 Å². The minimum atomic E-state index is -1.35. The number of carbonyl (C=O) groups is 1. The van der Waals surface area contributed by atoms with E-state index in [1.165, 1.54) is 17.2 Å². The smallest absolute Gasteiger partial charge is 0.410 e. The summed E-state index contributed by atoms with van der Waals surface area (Å²) in [4.78, 5) is 15.1. The topological polar surface area (TPSA) is 59.0 Å². The number of halogens is 1. The van der Waals surface area contributed by atoms with Gasteiger partial charge in [-0.25, -0.2) is 9.18 Å². The van der Waals surface area contributed by atoms with Gasteiger partial charge in [-0.05, 0) is 40.8 Å². The lowest BCUT2D eigenvalue weighted by Gasteiger charge is -2.51. The van der Waals surface area contributed by atoms with E-state index < -0.39 is 17.5 Å². The maximum Gasteiger partial charge on any atom is 0.410 e. The summed E-state index contributed by atoms with van der Waals surface area (Å²) in [6.07, 6.45) is 0.00255. The molecule has 3 aliphatic rings. The van der Waals surface area contributed by atoms with Gasteiger partial charge in [0, 0.05) is 24.3 Å². The predicted molar refractivity (Wildman–Crippen MR) is 130 cm³/mol. The van der Waals surface area contributed by atoms with Crippen LogP contribution in [0.25, 0.3) is 11.1 Å². The molecule has 1 aliphatic carbocycles. The first-order chi connectivity index (χ1) is 17.0. The van der Waals surface area contributed by atoms with Gasteiger partial charge in [-0.2, -0.15) is 0 Å². The Morgan fingerprint density at radius 3 is 2.20 bits per heavy atom. The van der Waals surface area contributed by atoms with Crippen molar-refractivity contribution in [3.8, 4) is 11.1 Å². The number of morpholine rings is 1. The number of aryl methyl sites for hydroxylation is 1. The van der Waals surface area contributed by atoms with E-state index in [0.717, 1.165) is 11.1 Å². The second-order valence-corrected chi connectivity index (χ2v) is 9.93. The summed E-state index contributed by atoms with van der Waals surface area (Å²) in [5.41, 5.74) is 4.36. The summed E-state index contributed by atoms with van der Waals surface area (Å²) in [6, 6.07) is 20.5. The molecule has 3 aromatic carbocycles. The molecule has 0 spiro atoms. The van der Waals surface area contributed by atoms with Crippen LogP contribution < -0.4 is 0 Å². The first kappa shape index (κ1) is 22.3. The molecule has 35 heavy (non-hydrogen) atoms. The highest BCUT2D eigenvalue weighted by molar-refractivity contribution is 5.79. The zero-order chi connectivity index (χ0) is 24.2. The lowest BCUT2D eigenvalue weighted by molar-refractivity contribution is -0.137. The van der Waals surface area contributed by atoms with Gasteiger partial charge in [-0.1, -0.05) is 60.7 Å². The SMILES string of the molecule is Cc1cccc(F)c1C1(O)CC2COCC(C1)N2C(=O)OCC1c2ccccc2-c2ccccc21. The van der Waals surface area contributed by atoms with Crippen molar-refractivity contribution in [1.29, 1.82) is 0 Å². The van der Waals surface area contributed by atoms with E-state index in [2.05, 4.69) is 24.3 Å². The molecule has 3 aromatic rings. The number of rotatable bonds is 3. The lowest BCUT2D eigenvalue weighted by Crippen LogP contribution is -2.63. The molecule has 2 bridgehead atoms. The van der Waals surface area contributed by atoms with Crippen LogP contribution in [-0.4, -0.2) is 48.0 Å². The van der Waals surface area contributed by atoms with E-state index in [0.29, 0.717) is 11.1 Å². The summed E-state index contributed by atoms with van der Waals surface area (Å²) >= 11 is 0. The van der Waals surface area contributed by atoms with Gasteiger partial charge in [0.15, 0.2) is 0 Å². The van der Waals surface area contributed by atoms with Gasteiger partial charge in [-0.15, -0.1) is 0 Å². The van der Waals surface area contributed by atoms with Gasteiger partial charge in [0.1, 0.15) is 12.4 Å². The van der Waals surface area contributed by atoms with Crippen molar-refractivity contribution in [3.05, 3.63) is 94.8 Å². The summed E-state index contributed by atoms with van der Waals surface area (Å²) in [5.74, 6) is -0.439. The Labute approximate surface area is 204 Å². The molecule has 2 unspecified atom stereocenters. The normalized spacial score (nSPS) is 25.2. The number of fused-ring (bicyclic) bond motifs is 5. The third-order valence-corrected chi connectivity index (χ3v) is 7.79. The van der Waals surface area contributed by atoms with E-state index >= 15 is 0 Å². The molecular formula is C29H28FNO4. The Hall–Kier alpha value is -3.22. The number of aliphatic hydroxyl groups is 1. The molecule has 0 radical (unpaired) electrons. The second kappa shape index (κ2) is 8.47.